The molecule has 0 fully saturated rings. The summed E-state index contributed by atoms with van der Waals surface area (Å²) in [5.74, 6) is -1.80. The summed E-state index contributed by atoms with van der Waals surface area (Å²) in [6.45, 7) is 2.16. The number of carbonyl (C=O) groups excluding carboxylic acids is 3. The predicted octanol–water partition coefficient (Wildman–Crippen LogP) is 1.11. The molecular formula is C21H21N2O5-. The highest BCUT2D eigenvalue weighted by Gasteiger charge is 2.15. The zero-order chi connectivity index (χ0) is 20.4. The Labute approximate surface area is 163 Å². The SMILES string of the molecule is CCOc1ccccc1/C=C(/NC(=O)c1ccccc1)C(=O)NCCC(=O)[O-]. The van der Waals surface area contributed by atoms with E-state index in [-0.39, 0.29) is 18.7 Å². The second-order valence-corrected chi connectivity index (χ2v) is 5.73. The lowest BCUT2D eigenvalue weighted by Crippen LogP contribution is -2.37. The van der Waals surface area contributed by atoms with Crippen molar-refractivity contribution in [3.05, 3.63) is 71.4 Å². The summed E-state index contributed by atoms with van der Waals surface area (Å²) < 4.78 is 5.54. The Balaban J connectivity index is 2.29. The van der Waals surface area contributed by atoms with Gasteiger partial charge in [-0.1, -0.05) is 36.4 Å². The smallest absolute Gasteiger partial charge is 0.267 e. The van der Waals surface area contributed by atoms with Crippen molar-refractivity contribution in [1.29, 1.82) is 0 Å². The van der Waals surface area contributed by atoms with Crippen molar-refractivity contribution in [2.24, 2.45) is 0 Å². The Kier molecular flexibility index (Phi) is 7.77. The van der Waals surface area contributed by atoms with Crippen LogP contribution in [0.3, 0.4) is 0 Å². The Hall–Kier alpha value is -3.61. The summed E-state index contributed by atoms with van der Waals surface area (Å²) in [7, 11) is 0. The Morgan fingerprint density at radius 2 is 1.71 bits per heavy atom. The molecule has 0 spiro atoms. The zero-order valence-electron chi connectivity index (χ0n) is 15.4. The first-order valence-electron chi connectivity index (χ1n) is 8.79. The normalized spacial score (nSPS) is 10.8. The number of rotatable bonds is 9. The lowest BCUT2D eigenvalue weighted by atomic mass is 10.1. The fourth-order valence-electron chi connectivity index (χ4n) is 2.36. The van der Waals surface area contributed by atoms with Crippen LogP contribution in [0, 0.1) is 0 Å². The molecule has 2 aromatic carbocycles. The van der Waals surface area contributed by atoms with Crippen LogP contribution in [0.2, 0.25) is 0 Å². The number of para-hydroxylation sites is 1. The molecule has 0 atom stereocenters. The second-order valence-electron chi connectivity index (χ2n) is 5.73. The second kappa shape index (κ2) is 10.5. The molecule has 7 heteroatoms. The molecule has 0 unspecified atom stereocenters. The average molecular weight is 381 g/mol. The third-order valence-electron chi connectivity index (χ3n) is 3.66. The molecule has 7 nitrogen and oxygen atoms in total. The quantitative estimate of drug-likeness (QED) is 0.633. The van der Waals surface area contributed by atoms with E-state index in [1.165, 1.54) is 6.08 Å². The van der Waals surface area contributed by atoms with E-state index in [9.17, 15) is 19.5 Å². The highest BCUT2D eigenvalue weighted by molar-refractivity contribution is 6.05. The highest BCUT2D eigenvalue weighted by atomic mass is 16.5. The lowest BCUT2D eigenvalue weighted by Gasteiger charge is -2.13. The highest BCUT2D eigenvalue weighted by Crippen LogP contribution is 2.20. The van der Waals surface area contributed by atoms with Gasteiger partial charge in [-0.05, 0) is 31.2 Å². The molecule has 2 amide bonds. The third-order valence-corrected chi connectivity index (χ3v) is 3.66. The molecule has 0 radical (unpaired) electrons. The monoisotopic (exact) mass is 381 g/mol. The molecule has 0 aliphatic rings. The van der Waals surface area contributed by atoms with Gasteiger partial charge in [-0.2, -0.15) is 0 Å². The number of hydrogen-bond donors (Lipinski definition) is 2. The molecular weight excluding hydrogens is 360 g/mol. The van der Waals surface area contributed by atoms with Gasteiger partial charge < -0.3 is 25.3 Å². The molecule has 0 aliphatic heterocycles. The van der Waals surface area contributed by atoms with Crippen LogP contribution >= 0.6 is 0 Å². The van der Waals surface area contributed by atoms with Gasteiger partial charge in [0, 0.05) is 30.1 Å². The molecule has 146 valence electrons. The van der Waals surface area contributed by atoms with Gasteiger partial charge in [-0.25, -0.2) is 0 Å². The van der Waals surface area contributed by atoms with Crippen LogP contribution in [0.15, 0.2) is 60.3 Å². The van der Waals surface area contributed by atoms with Gasteiger partial charge >= 0.3 is 0 Å². The minimum Gasteiger partial charge on any atom is -0.550 e. The van der Waals surface area contributed by atoms with Gasteiger partial charge in [-0.3, -0.25) is 9.59 Å². The molecule has 0 aliphatic carbocycles. The molecule has 0 saturated carbocycles. The van der Waals surface area contributed by atoms with Crippen molar-refractivity contribution < 1.29 is 24.2 Å². The number of carbonyl (C=O) groups is 3. The Bertz CT molecular complexity index is 862. The van der Waals surface area contributed by atoms with Crippen molar-refractivity contribution in [3.63, 3.8) is 0 Å². The van der Waals surface area contributed by atoms with Gasteiger partial charge in [-0.15, -0.1) is 0 Å². The van der Waals surface area contributed by atoms with Crippen molar-refractivity contribution in [1.82, 2.24) is 10.6 Å². The summed E-state index contributed by atoms with van der Waals surface area (Å²) in [5.41, 5.74) is 0.955. The maximum atomic E-state index is 12.5. The minimum atomic E-state index is -1.28. The van der Waals surface area contributed by atoms with E-state index < -0.39 is 17.8 Å². The standard InChI is InChI=1S/C21H22N2O5/c1-2-28-18-11-7-6-10-16(18)14-17(21(27)22-13-12-19(24)25)23-20(26)15-8-4-3-5-9-15/h3-11,14H,2,12-13H2,1H3,(H,22,27)(H,23,26)(H,24,25)/p-1/b17-14+. The summed E-state index contributed by atoms with van der Waals surface area (Å²) >= 11 is 0. The fraction of sp³-hybridized carbons (Fsp3) is 0.190. The van der Waals surface area contributed by atoms with Crippen molar-refractivity contribution >= 4 is 23.9 Å². The van der Waals surface area contributed by atoms with Crippen LogP contribution < -0.4 is 20.5 Å². The average Bonchev–Trinajstić information content (AvgIpc) is 2.69. The summed E-state index contributed by atoms with van der Waals surface area (Å²) in [6, 6.07) is 15.5. The van der Waals surface area contributed by atoms with Gasteiger partial charge in [0.05, 0.1) is 6.61 Å². The van der Waals surface area contributed by atoms with Gasteiger partial charge in [0.2, 0.25) is 0 Å². The summed E-state index contributed by atoms with van der Waals surface area (Å²) in [4.78, 5) is 35.5. The van der Waals surface area contributed by atoms with Crippen LogP contribution in [0.25, 0.3) is 6.08 Å². The Morgan fingerprint density at radius 1 is 1.04 bits per heavy atom. The molecule has 2 aromatic rings. The number of carboxylic acids is 1. The molecule has 0 saturated heterocycles. The van der Waals surface area contributed by atoms with Crippen molar-refractivity contribution in [3.8, 4) is 5.75 Å². The fourth-order valence-corrected chi connectivity index (χ4v) is 2.36. The van der Waals surface area contributed by atoms with Gasteiger partial charge in [0.1, 0.15) is 11.4 Å². The first-order chi connectivity index (χ1) is 13.5. The Morgan fingerprint density at radius 3 is 2.39 bits per heavy atom. The number of carboxylic acid groups (broad SMARTS) is 1. The molecule has 0 bridgehead atoms. The first kappa shape index (κ1) is 20.7. The summed E-state index contributed by atoms with van der Waals surface area (Å²) in [6.07, 6.45) is 1.15. The van der Waals surface area contributed by atoms with Crippen LogP contribution in [-0.4, -0.2) is 30.9 Å². The number of amides is 2. The van der Waals surface area contributed by atoms with E-state index in [2.05, 4.69) is 10.6 Å². The van der Waals surface area contributed by atoms with E-state index in [0.29, 0.717) is 23.5 Å². The van der Waals surface area contributed by atoms with E-state index in [0.717, 1.165) is 0 Å². The predicted molar refractivity (Wildman–Crippen MR) is 102 cm³/mol. The molecule has 0 heterocycles. The minimum absolute atomic E-state index is 0.0284. The number of ether oxygens (including phenoxy) is 1. The summed E-state index contributed by atoms with van der Waals surface area (Å²) in [5, 5.41) is 15.6. The third kappa shape index (κ3) is 6.28. The van der Waals surface area contributed by atoms with Gasteiger partial charge in [0.15, 0.2) is 0 Å². The van der Waals surface area contributed by atoms with Crippen LogP contribution in [0.1, 0.15) is 29.3 Å². The largest absolute Gasteiger partial charge is 0.550 e. The van der Waals surface area contributed by atoms with Crippen molar-refractivity contribution in [2.45, 2.75) is 13.3 Å². The van der Waals surface area contributed by atoms with Crippen LogP contribution in [-0.2, 0) is 9.59 Å². The maximum Gasteiger partial charge on any atom is 0.267 e. The number of nitrogens with one attached hydrogen (secondary N) is 2. The zero-order valence-corrected chi connectivity index (χ0v) is 15.4. The van der Waals surface area contributed by atoms with E-state index in [1.54, 1.807) is 54.6 Å². The number of hydrogen-bond acceptors (Lipinski definition) is 5. The topological polar surface area (TPSA) is 108 Å². The van der Waals surface area contributed by atoms with Crippen LogP contribution in [0.4, 0.5) is 0 Å². The molecule has 28 heavy (non-hydrogen) atoms. The van der Waals surface area contributed by atoms with Crippen LogP contribution in [0.5, 0.6) is 5.75 Å². The van der Waals surface area contributed by atoms with E-state index in [4.69, 9.17) is 4.74 Å². The molecule has 0 aromatic heterocycles. The molecule has 2 N–H and O–H groups in total. The first-order valence-corrected chi connectivity index (χ1v) is 8.79. The number of aliphatic carboxylic acids is 1. The maximum absolute atomic E-state index is 12.5. The van der Waals surface area contributed by atoms with Crippen molar-refractivity contribution in [2.75, 3.05) is 13.2 Å². The lowest BCUT2D eigenvalue weighted by molar-refractivity contribution is -0.305. The van der Waals surface area contributed by atoms with E-state index in [1.807, 2.05) is 6.92 Å². The van der Waals surface area contributed by atoms with Gasteiger partial charge in [0.25, 0.3) is 11.8 Å². The molecule has 2 rings (SSSR count). The number of benzene rings is 2. The van der Waals surface area contributed by atoms with E-state index >= 15 is 0 Å².